The van der Waals surface area contributed by atoms with E-state index in [4.69, 9.17) is 23.2 Å². The molecule has 0 atom stereocenters. The lowest BCUT2D eigenvalue weighted by molar-refractivity contribution is 0.112. The minimum absolute atomic E-state index is 0.547. The van der Waals surface area contributed by atoms with E-state index in [0.29, 0.717) is 15.6 Å². The first-order valence-electron chi connectivity index (χ1n) is 5.37. The Morgan fingerprint density at radius 1 is 0.778 bits per heavy atom. The molecule has 2 rings (SSSR count). The number of hydrogen-bond acceptors (Lipinski definition) is 1. The molecule has 0 aliphatic heterocycles. The van der Waals surface area contributed by atoms with Gasteiger partial charge in [-0.05, 0) is 41.5 Å². The van der Waals surface area contributed by atoms with Gasteiger partial charge in [0.2, 0.25) is 0 Å². The van der Waals surface area contributed by atoms with Crippen LogP contribution in [0.2, 0.25) is 10.0 Å². The highest BCUT2D eigenvalue weighted by atomic mass is 35.5. The van der Waals surface area contributed by atoms with Crippen molar-refractivity contribution in [2.24, 2.45) is 0 Å². The Morgan fingerprint density at radius 3 is 2.17 bits per heavy atom. The fourth-order valence-corrected chi connectivity index (χ4v) is 2.05. The quantitative estimate of drug-likeness (QED) is 0.571. The first-order valence-corrected chi connectivity index (χ1v) is 6.12. The smallest absolute Gasteiger partial charge is 0.150 e. The number of hydrogen-bond donors (Lipinski definition) is 0. The minimum atomic E-state index is 0.547. The van der Waals surface area contributed by atoms with E-state index in [2.05, 4.69) is 0 Å². The van der Waals surface area contributed by atoms with Crippen LogP contribution in [0, 0.1) is 0 Å². The summed E-state index contributed by atoms with van der Waals surface area (Å²) in [7, 11) is 0. The zero-order valence-corrected chi connectivity index (χ0v) is 10.9. The van der Waals surface area contributed by atoms with Gasteiger partial charge in [0.15, 0.2) is 0 Å². The average Bonchev–Trinajstić information content (AvgIpc) is 2.36. The Bertz CT molecular complexity index is 603. The lowest BCUT2D eigenvalue weighted by Crippen LogP contribution is -1.81. The molecule has 0 unspecified atom stereocenters. The van der Waals surface area contributed by atoms with Gasteiger partial charge in [-0.2, -0.15) is 0 Å². The van der Waals surface area contributed by atoms with Crippen LogP contribution in [-0.4, -0.2) is 6.29 Å². The number of rotatable bonds is 3. The van der Waals surface area contributed by atoms with Crippen molar-refractivity contribution >= 4 is 41.6 Å². The van der Waals surface area contributed by atoms with Crippen LogP contribution in [0.5, 0.6) is 0 Å². The maximum absolute atomic E-state index is 10.7. The van der Waals surface area contributed by atoms with Gasteiger partial charge < -0.3 is 0 Å². The predicted molar refractivity (Wildman–Crippen MR) is 77.2 cm³/mol. The van der Waals surface area contributed by atoms with Gasteiger partial charge in [-0.25, -0.2) is 0 Å². The number of halogens is 2. The van der Waals surface area contributed by atoms with Crippen molar-refractivity contribution in [1.29, 1.82) is 0 Å². The first-order chi connectivity index (χ1) is 8.67. The molecule has 0 spiro atoms. The van der Waals surface area contributed by atoms with Gasteiger partial charge in [-0.15, -0.1) is 0 Å². The molecule has 3 heteroatoms. The summed E-state index contributed by atoms with van der Waals surface area (Å²) in [4.78, 5) is 10.7. The summed E-state index contributed by atoms with van der Waals surface area (Å²) in [6.07, 6.45) is 4.60. The molecule has 0 saturated carbocycles. The normalized spacial score (nSPS) is 10.8. The van der Waals surface area contributed by atoms with Gasteiger partial charge in [0.05, 0.1) is 0 Å². The maximum atomic E-state index is 10.7. The summed E-state index contributed by atoms with van der Waals surface area (Å²) in [5.74, 6) is 0. The average molecular weight is 277 g/mol. The third kappa shape index (κ3) is 3.46. The molecule has 90 valence electrons. The van der Waals surface area contributed by atoms with E-state index in [1.54, 1.807) is 18.2 Å². The minimum Gasteiger partial charge on any atom is -0.298 e. The molecule has 0 aromatic heterocycles. The Morgan fingerprint density at radius 2 is 1.44 bits per heavy atom. The fourth-order valence-electron chi connectivity index (χ4n) is 1.60. The van der Waals surface area contributed by atoms with Crippen molar-refractivity contribution in [3.8, 4) is 0 Å². The zero-order valence-electron chi connectivity index (χ0n) is 9.44. The number of carbonyl (C=O) groups excluding carboxylic acids is 1. The molecular formula is C15H10Cl2O. The first kappa shape index (κ1) is 12.9. The van der Waals surface area contributed by atoms with Crippen molar-refractivity contribution in [3.63, 3.8) is 0 Å². The van der Waals surface area contributed by atoms with Gasteiger partial charge in [0.1, 0.15) is 6.29 Å². The molecule has 2 aromatic rings. The van der Waals surface area contributed by atoms with Crippen LogP contribution in [0.25, 0.3) is 12.2 Å². The van der Waals surface area contributed by atoms with Gasteiger partial charge in [-0.1, -0.05) is 47.5 Å². The molecular weight excluding hydrogens is 267 g/mol. The maximum Gasteiger partial charge on any atom is 0.150 e. The SMILES string of the molecule is O=Cc1cc(Cl)cc(/C=C/c2cccc(Cl)c2)c1. The molecule has 0 fully saturated rings. The fraction of sp³-hybridized carbons (Fsp3) is 0. The molecule has 0 aliphatic rings. The van der Waals surface area contributed by atoms with E-state index in [0.717, 1.165) is 17.4 Å². The summed E-state index contributed by atoms with van der Waals surface area (Å²) in [5.41, 5.74) is 2.44. The third-order valence-electron chi connectivity index (χ3n) is 2.40. The number of aldehydes is 1. The lowest BCUT2D eigenvalue weighted by Gasteiger charge is -1.98. The third-order valence-corrected chi connectivity index (χ3v) is 2.85. The van der Waals surface area contributed by atoms with Crippen LogP contribution in [0.3, 0.4) is 0 Å². The largest absolute Gasteiger partial charge is 0.298 e. The second-order valence-corrected chi connectivity index (χ2v) is 4.70. The highest BCUT2D eigenvalue weighted by molar-refractivity contribution is 6.31. The van der Waals surface area contributed by atoms with Crippen molar-refractivity contribution in [3.05, 3.63) is 69.2 Å². The predicted octanol–water partition coefficient (Wildman–Crippen LogP) is 4.98. The van der Waals surface area contributed by atoms with Crippen molar-refractivity contribution in [2.75, 3.05) is 0 Å². The van der Waals surface area contributed by atoms with Crippen LogP contribution in [0.4, 0.5) is 0 Å². The molecule has 0 amide bonds. The van der Waals surface area contributed by atoms with Gasteiger partial charge in [0.25, 0.3) is 0 Å². The van der Waals surface area contributed by atoms with Gasteiger partial charge in [-0.3, -0.25) is 4.79 Å². The monoisotopic (exact) mass is 276 g/mol. The number of carbonyl (C=O) groups is 1. The Balaban J connectivity index is 2.28. The summed E-state index contributed by atoms with van der Waals surface area (Å²) in [6.45, 7) is 0. The van der Waals surface area contributed by atoms with Crippen LogP contribution in [0.15, 0.2) is 42.5 Å². The topological polar surface area (TPSA) is 17.1 Å². The second-order valence-electron chi connectivity index (χ2n) is 3.82. The lowest BCUT2D eigenvalue weighted by atomic mass is 10.1. The van der Waals surface area contributed by atoms with Crippen LogP contribution >= 0.6 is 23.2 Å². The van der Waals surface area contributed by atoms with Crippen molar-refractivity contribution in [1.82, 2.24) is 0 Å². The molecule has 0 N–H and O–H groups in total. The van der Waals surface area contributed by atoms with Crippen molar-refractivity contribution in [2.45, 2.75) is 0 Å². The summed E-state index contributed by atoms with van der Waals surface area (Å²) >= 11 is 11.8. The molecule has 0 saturated heterocycles. The Kier molecular flexibility index (Phi) is 4.19. The van der Waals surface area contributed by atoms with E-state index in [1.807, 2.05) is 36.4 Å². The van der Waals surface area contributed by atoms with E-state index in [-0.39, 0.29) is 0 Å². The second kappa shape index (κ2) is 5.85. The molecule has 0 bridgehead atoms. The van der Waals surface area contributed by atoms with Gasteiger partial charge >= 0.3 is 0 Å². The summed E-state index contributed by atoms with van der Waals surface area (Å²) in [5, 5.41) is 1.24. The highest BCUT2D eigenvalue weighted by Crippen LogP contribution is 2.17. The number of benzene rings is 2. The van der Waals surface area contributed by atoms with E-state index >= 15 is 0 Å². The molecule has 0 heterocycles. The van der Waals surface area contributed by atoms with Gasteiger partial charge in [0, 0.05) is 15.6 Å². The Labute approximate surface area is 116 Å². The summed E-state index contributed by atoms with van der Waals surface area (Å²) < 4.78 is 0. The molecule has 1 nitrogen and oxygen atoms in total. The van der Waals surface area contributed by atoms with E-state index in [9.17, 15) is 4.79 Å². The molecule has 2 aromatic carbocycles. The standard InChI is InChI=1S/C15H10Cl2O/c16-14-3-1-2-11(7-14)4-5-12-6-13(10-18)9-15(17)8-12/h1-10H/b5-4+. The zero-order chi connectivity index (χ0) is 13.0. The van der Waals surface area contributed by atoms with Crippen molar-refractivity contribution < 1.29 is 4.79 Å². The molecule has 0 aliphatic carbocycles. The van der Waals surface area contributed by atoms with Crippen LogP contribution in [0.1, 0.15) is 21.5 Å². The molecule has 18 heavy (non-hydrogen) atoms. The molecule has 0 radical (unpaired) electrons. The summed E-state index contributed by atoms with van der Waals surface area (Å²) in [6, 6.07) is 12.7. The van der Waals surface area contributed by atoms with Crippen LogP contribution < -0.4 is 0 Å². The highest BCUT2D eigenvalue weighted by Gasteiger charge is 1.96. The van der Waals surface area contributed by atoms with E-state index in [1.165, 1.54) is 0 Å². The van der Waals surface area contributed by atoms with E-state index < -0.39 is 0 Å². The van der Waals surface area contributed by atoms with Crippen LogP contribution in [-0.2, 0) is 0 Å². The Hall–Kier alpha value is -1.57.